The topological polar surface area (TPSA) is 0 Å². The Hall–Kier alpha value is -0.260. The third-order valence-corrected chi connectivity index (χ3v) is 8.52. The van der Waals surface area contributed by atoms with Crippen LogP contribution in [0.2, 0.25) is 0 Å². The fraction of sp³-hybridized carbons (Fsp3) is 0.905. The van der Waals surface area contributed by atoms with Crippen molar-refractivity contribution in [2.75, 3.05) is 0 Å². The van der Waals surface area contributed by atoms with Crippen molar-refractivity contribution in [3.63, 3.8) is 0 Å². The summed E-state index contributed by atoms with van der Waals surface area (Å²) in [5, 5.41) is 0. The lowest BCUT2D eigenvalue weighted by Crippen LogP contribution is -2.50. The molecule has 3 fully saturated rings. The SMILES string of the molecule is C/C=C1/CCC2C3CCC(CC)[C@](C)(CC)C3CC[C@]12C. The molecule has 0 aliphatic heterocycles. The maximum atomic E-state index is 2.65. The molecule has 3 aliphatic rings. The van der Waals surface area contributed by atoms with E-state index >= 15 is 0 Å². The van der Waals surface area contributed by atoms with E-state index in [1.54, 1.807) is 5.57 Å². The van der Waals surface area contributed by atoms with Gasteiger partial charge in [0, 0.05) is 0 Å². The van der Waals surface area contributed by atoms with Crippen LogP contribution in [0.5, 0.6) is 0 Å². The number of rotatable bonds is 2. The van der Waals surface area contributed by atoms with Crippen molar-refractivity contribution < 1.29 is 0 Å². The normalized spacial score (nSPS) is 51.8. The van der Waals surface area contributed by atoms with Gasteiger partial charge in [0.15, 0.2) is 0 Å². The summed E-state index contributed by atoms with van der Waals surface area (Å²) in [6.45, 7) is 12.4. The number of hydrogen-bond acceptors (Lipinski definition) is 0. The van der Waals surface area contributed by atoms with Gasteiger partial charge < -0.3 is 0 Å². The summed E-state index contributed by atoms with van der Waals surface area (Å²) in [6, 6.07) is 0. The Bertz CT molecular complexity index is 420. The van der Waals surface area contributed by atoms with Gasteiger partial charge in [-0.1, -0.05) is 52.2 Å². The highest BCUT2D eigenvalue weighted by Gasteiger charge is 2.57. The van der Waals surface area contributed by atoms with Crippen molar-refractivity contribution in [3.8, 4) is 0 Å². The third-order valence-electron chi connectivity index (χ3n) is 8.52. The van der Waals surface area contributed by atoms with E-state index in [2.05, 4.69) is 40.7 Å². The van der Waals surface area contributed by atoms with Gasteiger partial charge in [-0.3, -0.25) is 0 Å². The molecule has 120 valence electrons. The van der Waals surface area contributed by atoms with Gasteiger partial charge in [-0.2, -0.15) is 0 Å². The van der Waals surface area contributed by atoms with Crippen molar-refractivity contribution in [1.82, 2.24) is 0 Å². The minimum Gasteiger partial charge on any atom is -0.0879 e. The molecule has 0 heterocycles. The van der Waals surface area contributed by atoms with E-state index < -0.39 is 0 Å². The summed E-state index contributed by atoms with van der Waals surface area (Å²) >= 11 is 0. The molecule has 0 saturated heterocycles. The summed E-state index contributed by atoms with van der Waals surface area (Å²) in [4.78, 5) is 0. The summed E-state index contributed by atoms with van der Waals surface area (Å²) < 4.78 is 0. The van der Waals surface area contributed by atoms with Crippen LogP contribution in [0.1, 0.15) is 86.0 Å². The van der Waals surface area contributed by atoms with Gasteiger partial charge in [-0.25, -0.2) is 0 Å². The van der Waals surface area contributed by atoms with E-state index in [0.717, 1.165) is 23.7 Å². The van der Waals surface area contributed by atoms with E-state index in [0.29, 0.717) is 10.8 Å². The van der Waals surface area contributed by atoms with Gasteiger partial charge >= 0.3 is 0 Å². The van der Waals surface area contributed by atoms with Gasteiger partial charge in [0.2, 0.25) is 0 Å². The minimum atomic E-state index is 0.559. The number of allylic oxidation sites excluding steroid dienone is 2. The van der Waals surface area contributed by atoms with Crippen LogP contribution in [0.3, 0.4) is 0 Å². The van der Waals surface area contributed by atoms with E-state index in [9.17, 15) is 0 Å². The summed E-state index contributed by atoms with van der Waals surface area (Å²) in [5.41, 5.74) is 2.98. The standard InChI is InChI=1S/C21H36/c1-6-15-9-11-17-18-12-10-16(7-2)21(18,5)14-13-19(17)20(15,4)8-3/h7,15,17-19H,6,8-14H2,1-5H3/b16-7-/t15?,17?,18?,19?,20-,21+/m0/s1. The van der Waals surface area contributed by atoms with Crippen LogP contribution < -0.4 is 0 Å². The summed E-state index contributed by atoms with van der Waals surface area (Å²) in [6.07, 6.45) is 14.1. The maximum Gasteiger partial charge on any atom is -0.00853 e. The predicted octanol–water partition coefficient (Wildman–Crippen LogP) is 6.61. The molecule has 21 heavy (non-hydrogen) atoms. The first-order valence-corrected chi connectivity index (χ1v) is 9.66. The molecule has 0 aromatic rings. The second-order valence-corrected chi connectivity index (χ2v) is 8.73. The van der Waals surface area contributed by atoms with Gasteiger partial charge in [-0.05, 0) is 80.0 Å². The highest BCUT2D eigenvalue weighted by molar-refractivity contribution is 5.23. The van der Waals surface area contributed by atoms with Crippen LogP contribution in [0, 0.1) is 34.5 Å². The lowest BCUT2D eigenvalue weighted by atomic mass is 9.46. The Balaban J connectivity index is 1.92. The predicted molar refractivity (Wildman–Crippen MR) is 92.2 cm³/mol. The number of fused-ring (bicyclic) bond motifs is 3. The highest BCUT2D eigenvalue weighted by atomic mass is 14.6. The fourth-order valence-corrected chi connectivity index (χ4v) is 7.08. The van der Waals surface area contributed by atoms with E-state index in [-0.39, 0.29) is 0 Å². The molecule has 0 amide bonds. The van der Waals surface area contributed by atoms with Crippen molar-refractivity contribution in [2.45, 2.75) is 86.0 Å². The van der Waals surface area contributed by atoms with Gasteiger partial charge in [0.25, 0.3) is 0 Å². The lowest BCUT2D eigenvalue weighted by molar-refractivity contribution is -0.0828. The maximum absolute atomic E-state index is 2.65. The largest absolute Gasteiger partial charge is 0.0879 e. The zero-order chi connectivity index (χ0) is 15.3. The molecule has 0 heteroatoms. The highest BCUT2D eigenvalue weighted by Crippen LogP contribution is 2.66. The Morgan fingerprint density at radius 3 is 2.43 bits per heavy atom. The van der Waals surface area contributed by atoms with Crippen molar-refractivity contribution in [3.05, 3.63) is 11.6 Å². The molecule has 0 radical (unpaired) electrons. The quantitative estimate of drug-likeness (QED) is 0.501. The molecule has 0 bridgehead atoms. The van der Waals surface area contributed by atoms with E-state index in [4.69, 9.17) is 0 Å². The molecule has 0 aromatic heterocycles. The van der Waals surface area contributed by atoms with Crippen LogP contribution in [0.4, 0.5) is 0 Å². The third kappa shape index (κ3) is 2.07. The fourth-order valence-electron chi connectivity index (χ4n) is 7.08. The minimum absolute atomic E-state index is 0.559. The van der Waals surface area contributed by atoms with Gasteiger partial charge in [0.1, 0.15) is 0 Å². The van der Waals surface area contributed by atoms with Gasteiger partial charge in [-0.15, -0.1) is 0 Å². The van der Waals surface area contributed by atoms with Crippen LogP contribution in [0.25, 0.3) is 0 Å². The van der Waals surface area contributed by atoms with Crippen molar-refractivity contribution in [2.24, 2.45) is 34.5 Å². The molecular weight excluding hydrogens is 252 g/mol. The molecule has 0 nitrogen and oxygen atoms in total. The molecule has 4 unspecified atom stereocenters. The number of hydrogen-bond donors (Lipinski definition) is 0. The first-order valence-electron chi connectivity index (χ1n) is 9.66. The molecule has 3 rings (SSSR count). The van der Waals surface area contributed by atoms with Crippen LogP contribution in [-0.2, 0) is 0 Å². The first-order chi connectivity index (χ1) is 10.0. The van der Waals surface area contributed by atoms with E-state index in [1.807, 2.05) is 0 Å². The molecule has 0 N–H and O–H groups in total. The molecule has 6 atom stereocenters. The molecule has 0 spiro atoms. The molecule has 0 aromatic carbocycles. The second kappa shape index (κ2) is 5.43. The Kier molecular flexibility index (Phi) is 4.04. The average Bonchev–Trinajstić information content (AvgIpc) is 2.84. The van der Waals surface area contributed by atoms with Crippen LogP contribution in [0.15, 0.2) is 11.6 Å². The van der Waals surface area contributed by atoms with Crippen molar-refractivity contribution in [1.29, 1.82) is 0 Å². The molecular formula is C21H36. The monoisotopic (exact) mass is 288 g/mol. The van der Waals surface area contributed by atoms with E-state index in [1.165, 1.54) is 51.4 Å². The molecule has 3 aliphatic carbocycles. The Morgan fingerprint density at radius 1 is 1.05 bits per heavy atom. The lowest BCUT2D eigenvalue weighted by Gasteiger charge is -2.58. The Labute approximate surface area is 132 Å². The zero-order valence-electron chi connectivity index (χ0n) is 15.0. The zero-order valence-corrected chi connectivity index (χ0v) is 15.0. The summed E-state index contributed by atoms with van der Waals surface area (Å²) in [7, 11) is 0. The van der Waals surface area contributed by atoms with Crippen molar-refractivity contribution >= 4 is 0 Å². The van der Waals surface area contributed by atoms with Crippen LogP contribution in [-0.4, -0.2) is 0 Å². The van der Waals surface area contributed by atoms with Gasteiger partial charge in [0.05, 0.1) is 0 Å². The second-order valence-electron chi connectivity index (χ2n) is 8.73. The first kappa shape index (κ1) is 15.6. The molecule has 3 saturated carbocycles. The summed E-state index contributed by atoms with van der Waals surface area (Å²) in [5.74, 6) is 4.01. The average molecular weight is 289 g/mol. The van der Waals surface area contributed by atoms with Crippen LogP contribution >= 0.6 is 0 Å². The Morgan fingerprint density at radius 2 is 1.81 bits per heavy atom. The smallest absolute Gasteiger partial charge is 0.00853 e.